The van der Waals surface area contributed by atoms with E-state index in [9.17, 15) is 9.82 Å². The number of nitrogens with zero attached hydrogens (tertiary/aromatic N) is 2. The van der Waals surface area contributed by atoms with Crippen LogP contribution in [0.4, 0.5) is 17.2 Å². The molecule has 0 aliphatic carbocycles. The van der Waals surface area contributed by atoms with E-state index in [1.54, 1.807) is 12.1 Å². The van der Waals surface area contributed by atoms with Crippen LogP contribution in [-0.2, 0) is 16.1 Å². The predicted octanol–water partition coefficient (Wildman–Crippen LogP) is 2.34. The zero-order valence-electron chi connectivity index (χ0n) is 14.4. The molecule has 1 aliphatic rings. The van der Waals surface area contributed by atoms with Crippen molar-refractivity contribution in [2.75, 3.05) is 11.9 Å². The molecular weight excluding hydrogens is 333 g/mol. The van der Waals surface area contributed by atoms with Crippen LogP contribution in [0.3, 0.4) is 0 Å². The molecule has 8 heteroatoms. The topological polar surface area (TPSA) is 85.0 Å². The summed E-state index contributed by atoms with van der Waals surface area (Å²) in [6.07, 6.45) is 1.02. The highest BCUT2D eigenvalue weighted by Gasteiger charge is 2.27. The highest BCUT2D eigenvalue weighted by Crippen LogP contribution is 2.29. The number of carbonyl (C=O) groups excluding carboxylic acids is 1. The Hall–Kier alpha value is -2.89. The quantitative estimate of drug-likeness (QED) is 0.453. The SMILES string of the molecule is [C-]#[N+]c1ccc(Nc2ccc3c(c2)COB3O)nc1OCCCC(C)=O. The van der Waals surface area contributed by atoms with Crippen LogP contribution < -0.4 is 15.5 Å². The van der Waals surface area contributed by atoms with Gasteiger partial charge in [0.15, 0.2) is 0 Å². The van der Waals surface area contributed by atoms with Crippen molar-refractivity contribution in [1.82, 2.24) is 4.98 Å². The Kier molecular flexibility index (Phi) is 5.51. The number of hydrogen-bond acceptors (Lipinski definition) is 6. The van der Waals surface area contributed by atoms with Crippen molar-refractivity contribution in [3.8, 4) is 5.88 Å². The van der Waals surface area contributed by atoms with E-state index in [2.05, 4.69) is 15.1 Å². The molecule has 132 valence electrons. The van der Waals surface area contributed by atoms with Crippen LogP contribution in [0.2, 0.25) is 0 Å². The Morgan fingerprint density at radius 2 is 2.31 bits per heavy atom. The lowest BCUT2D eigenvalue weighted by molar-refractivity contribution is -0.117. The zero-order chi connectivity index (χ0) is 18.5. The molecule has 3 rings (SSSR count). The Labute approximate surface area is 151 Å². The molecule has 0 amide bonds. The summed E-state index contributed by atoms with van der Waals surface area (Å²) in [6.45, 7) is 9.44. The molecule has 2 heterocycles. The molecule has 0 radical (unpaired) electrons. The predicted molar refractivity (Wildman–Crippen MR) is 98.0 cm³/mol. The number of Topliss-reactive ketones (excluding diaryl/α,β-unsaturated/α-hetero) is 1. The summed E-state index contributed by atoms with van der Waals surface area (Å²) >= 11 is 0. The Morgan fingerprint density at radius 3 is 3.08 bits per heavy atom. The van der Waals surface area contributed by atoms with Crippen LogP contribution in [0, 0.1) is 6.57 Å². The fourth-order valence-corrected chi connectivity index (χ4v) is 2.64. The number of benzene rings is 1. The van der Waals surface area contributed by atoms with Crippen molar-refractivity contribution in [2.45, 2.75) is 26.4 Å². The normalized spacial score (nSPS) is 12.4. The van der Waals surface area contributed by atoms with E-state index in [0.717, 1.165) is 16.7 Å². The lowest BCUT2D eigenvalue weighted by Crippen LogP contribution is -2.27. The molecule has 1 aliphatic heterocycles. The van der Waals surface area contributed by atoms with Crippen molar-refractivity contribution in [3.63, 3.8) is 0 Å². The Morgan fingerprint density at radius 1 is 1.46 bits per heavy atom. The third-order valence-corrected chi connectivity index (χ3v) is 3.95. The van der Waals surface area contributed by atoms with Gasteiger partial charge in [-0.3, -0.25) is 0 Å². The smallest absolute Gasteiger partial charge is 0.486 e. The number of ether oxygens (including phenoxy) is 1. The lowest BCUT2D eigenvalue weighted by atomic mass is 9.79. The van der Waals surface area contributed by atoms with Gasteiger partial charge in [-0.1, -0.05) is 6.07 Å². The molecule has 0 saturated carbocycles. The van der Waals surface area contributed by atoms with Crippen LogP contribution in [0.1, 0.15) is 25.3 Å². The minimum Gasteiger partial charge on any atom is -0.486 e. The van der Waals surface area contributed by atoms with E-state index in [1.807, 2.05) is 18.2 Å². The summed E-state index contributed by atoms with van der Waals surface area (Å²) in [4.78, 5) is 18.7. The number of carbonyl (C=O) groups is 1. The van der Waals surface area contributed by atoms with Crippen LogP contribution >= 0.6 is 0 Å². The standard InChI is InChI=1S/C18H18BN3O4/c1-12(23)4-3-9-25-18-16(20-2)7-8-17(22-18)21-14-5-6-15-13(10-14)11-26-19(15)24/h5-8,10,24H,3-4,9,11H2,1H3,(H,21,22). The van der Waals surface area contributed by atoms with E-state index in [-0.39, 0.29) is 11.7 Å². The minimum absolute atomic E-state index is 0.105. The van der Waals surface area contributed by atoms with Crippen molar-refractivity contribution >= 4 is 35.6 Å². The van der Waals surface area contributed by atoms with Crippen LogP contribution in [-0.4, -0.2) is 29.5 Å². The Bertz CT molecular complexity index is 866. The van der Waals surface area contributed by atoms with Gasteiger partial charge in [-0.05, 0) is 48.6 Å². The van der Waals surface area contributed by atoms with Crippen LogP contribution in [0.5, 0.6) is 5.88 Å². The number of ketones is 1. The average molecular weight is 351 g/mol. The molecular formula is C18H18BN3O4. The lowest BCUT2D eigenvalue weighted by Gasteiger charge is -2.11. The van der Waals surface area contributed by atoms with Crippen molar-refractivity contribution < 1.29 is 19.2 Å². The maximum absolute atomic E-state index is 11.0. The molecule has 2 aromatic rings. The zero-order valence-corrected chi connectivity index (χ0v) is 14.4. The fourth-order valence-electron chi connectivity index (χ4n) is 2.64. The molecule has 0 unspecified atom stereocenters. The van der Waals surface area contributed by atoms with E-state index in [1.165, 1.54) is 6.92 Å². The number of rotatable bonds is 7. The van der Waals surface area contributed by atoms with Gasteiger partial charge < -0.3 is 24.5 Å². The minimum atomic E-state index is -0.870. The van der Waals surface area contributed by atoms with Gasteiger partial charge >= 0.3 is 7.12 Å². The number of nitrogens with one attached hydrogen (secondary N) is 1. The van der Waals surface area contributed by atoms with Gasteiger partial charge in [-0.15, -0.1) is 0 Å². The largest absolute Gasteiger partial charge is 0.491 e. The fraction of sp³-hybridized carbons (Fsp3) is 0.278. The molecule has 0 atom stereocenters. The van der Waals surface area contributed by atoms with Gasteiger partial charge in [0.1, 0.15) is 11.6 Å². The molecule has 7 nitrogen and oxygen atoms in total. The molecule has 0 saturated heterocycles. The number of hydrogen-bond donors (Lipinski definition) is 2. The molecule has 0 spiro atoms. The van der Waals surface area contributed by atoms with E-state index in [0.29, 0.717) is 37.6 Å². The first kappa shape index (κ1) is 17.9. The average Bonchev–Trinajstić information content (AvgIpc) is 2.99. The molecule has 26 heavy (non-hydrogen) atoms. The second kappa shape index (κ2) is 8.00. The highest BCUT2D eigenvalue weighted by molar-refractivity contribution is 6.61. The van der Waals surface area contributed by atoms with E-state index < -0.39 is 7.12 Å². The molecule has 1 aromatic heterocycles. The first-order valence-electron chi connectivity index (χ1n) is 8.27. The van der Waals surface area contributed by atoms with Crippen molar-refractivity contribution in [3.05, 3.63) is 47.3 Å². The monoisotopic (exact) mass is 351 g/mol. The molecule has 0 fully saturated rings. The second-order valence-electron chi connectivity index (χ2n) is 5.99. The molecule has 0 bridgehead atoms. The van der Waals surface area contributed by atoms with E-state index >= 15 is 0 Å². The third kappa shape index (κ3) is 4.20. The summed E-state index contributed by atoms with van der Waals surface area (Å²) in [5, 5.41) is 12.8. The van der Waals surface area contributed by atoms with Crippen molar-refractivity contribution in [2.24, 2.45) is 0 Å². The Balaban J connectivity index is 1.71. The summed E-state index contributed by atoms with van der Waals surface area (Å²) in [5.74, 6) is 0.889. The van der Waals surface area contributed by atoms with Gasteiger partial charge in [0.25, 0.3) is 0 Å². The molecule has 1 aromatic carbocycles. The number of pyridine rings is 1. The third-order valence-electron chi connectivity index (χ3n) is 3.95. The maximum atomic E-state index is 11.0. The number of fused-ring (bicyclic) bond motifs is 1. The van der Waals surface area contributed by atoms with Crippen molar-refractivity contribution in [1.29, 1.82) is 0 Å². The van der Waals surface area contributed by atoms with Crippen LogP contribution in [0.25, 0.3) is 4.85 Å². The van der Waals surface area contributed by atoms with Gasteiger partial charge in [0.05, 0.1) is 19.8 Å². The number of aromatic nitrogens is 1. The van der Waals surface area contributed by atoms with Gasteiger partial charge in [0, 0.05) is 12.1 Å². The summed E-state index contributed by atoms with van der Waals surface area (Å²) < 4.78 is 10.8. The van der Waals surface area contributed by atoms with Gasteiger partial charge in [0.2, 0.25) is 11.6 Å². The first-order valence-corrected chi connectivity index (χ1v) is 8.27. The van der Waals surface area contributed by atoms with E-state index in [4.69, 9.17) is 16.0 Å². The first-order chi connectivity index (χ1) is 12.6. The summed E-state index contributed by atoms with van der Waals surface area (Å²) in [7, 11) is -0.870. The highest BCUT2D eigenvalue weighted by atomic mass is 16.5. The summed E-state index contributed by atoms with van der Waals surface area (Å²) in [6, 6.07) is 8.87. The maximum Gasteiger partial charge on any atom is 0.491 e. The molecule has 2 N–H and O–H groups in total. The van der Waals surface area contributed by atoms with Gasteiger partial charge in [-0.2, -0.15) is 0 Å². The summed E-state index contributed by atoms with van der Waals surface area (Å²) in [5.41, 5.74) is 2.80. The van der Waals surface area contributed by atoms with Gasteiger partial charge in [-0.25, -0.2) is 9.83 Å². The van der Waals surface area contributed by atoms with Crippen LogP contribution in [0.15, 0.2) is 30.3 Å². The number of anilines is 2. The second-order valence-corrected chi connectivity index (χ2v) is 5.99.